The lowest BCUT2D eigenvalue weighted by atomic mass is 10.1. The third-order valence-electron chi connectivity index (χ3n) is 2.87. The summed E-state index contributed by atoms with van der Waals surface area (Å²) >= 11 is 3.37. The number of hydrogen-bond donors (Lipinski definition) is 1. The fourth-order valence-electron chi connectivity index (χ4n) is 1.88. The molecule has 108 valence electrons. The van der Waals surface area contributed by atoms with Crippen LogP contribution in [-0.2, 0) is 4.74 Å². The van der Waals surface area contributed by atoms with Crippen LogP contribution in [0.3, 0.4) is 0 Å². The lowest BCUT2D eigenvalue weighted by Gasteiger charge is -2.07. The van der Waals surface area contributed by atoms with Gasteiger partial charge in [0.25, 0.3) is 5.91 Å². The highest BCUT2D eigenvalue weighted by Crippen LogP contribution is 2.17. The number of halogens is 1. The molecule has 1 amide bonds. The molecule has 0 spiro atoms. The second-order valence-corrected chi connectivity index (χ2v) is 5.46. The van der Waals surface area contributed by atoms with Crippen LogP contribution in [0.25, 0.3) is 0 Å². The summed E-state index contributed by atoms with van der Waals surface area (Å²) in [6.07, 6.45) is 0. The summed E-state index contributed by atoms with van der Waals surface area (Å²) in [4.78, 5) is 23.5. The second kappa shape index (κ2) is 6.54. The molecular weight excluding hydrogens is 334 g/mol. The van der Waals surface area contributed by atoms with Gasteiger partial charge in [0.2, 0.25) is 0 Å². The van der Waals surface area contributed by atoms with Crippen LogP contribution in [0.15, 0.2) is 46.9 Å². The van der Waals surface area contributed by atoms with E-state index in [4.69, 9.17) is 0 Å². The van der Waals surface area contributed by atoms with Crippen LogP contribution in [0.4, 0.5) is 5.69 Å². The molecule has 4 nitrogen and oxygen atoms in total. The maximum absolute atomic E-state index is 12.2. The summed E-state index contributed by atoms with van der Waals surface area (Å²) in [6.45, 7) is 1.92. The van der Waals surface area contributed by atoms with E-state index in [1.54, 1.807) is 30.3 Å². The quantitative estimate of drug-likeness (QED) is 0.859. The van der Waals surface area contributed by atoms with E-state index in [1.165, 1.54) is 7.11 Å². The van der Waals surface area contributed by atoms with Gasteiger partial charge in [0.1, 0.15) is 0 Å². The minimum Gasteiger partial charge on any atom is -0.465 e. The highest BCUT2D eigenvalue weighted by molar-refractivity contribution is 9.10. The molecule has 0 aliphatic carbocycles. The number of ether oxygens (including phenoxy) is 1. The average Bonchev–Trinajstić information content (AvgIpc) is 2.46. The third-order valence-corrected chi connectivity index (χ3v) is 3.33. The first-order chi connectivity index (χ1) is 9.99. The van der Waals surface area contributed by atoms with E-state index in [0.29, 0.717) is 16.8 Å². The zero-order valence-electron chi connectivity index (χ0n) is 11.6. The first-order valence-electron chi connectivity index (χ1n) is 6.26. The highest BCUT2D eigenvalue weighted by atomic mass is 79.9. The van der Waals surface area contributed by atoms with Crippen LogP contribution >= 0.6 is 15.9 Å². The van der Waals surface area contributed by atoms with E-state index < -0.39 is 5.97 Å². The number of nitrogens with one attached hydrogen (secondary N) is 1. The van der Waals surface area contributed by atoms with Gasteiger partial charge in [0, 0.05) is 15.7 Å². The Kier molecular flexibility index (Phi) is 4.75. The summed E-state index contributed by atoms with van der Waals surface area (Å²) < 4.78 is 5.48. The molecule has 2 aromatic rings. The number of benzene rings is 2. The Bertz CT molecular complexity index is 660. The topological polar surface area (TPSA) is 55.4 Å². The van der Waals surface area contributed by atoms with Gasteiger partial charge in [0.15, 0.2) is 0 Å². The van der Waals surface area contributed by atoms with Crippen LogP contribution in [0, 0.1) is 6.92 Å². The molecule has 0 unspecified atom stereocenters. The van der Waals surface area contributed by atoms with Gasteiger partial charge in [-0.15, -0.1) is 0 Å². The molecule has 2 aromatic carbocycles. The van der Waals surface area contributed by atoms with Crippen LogP contribution in [0.2, 0.25) is 0 Å². The fraction of sp³-hybridized carbons (Fsp3) is 0.125. The summed E-state index contributed by atoms with van der Waals surface area (Å²) in [7, 11) is 1.33. The number of anilines is 1. The molecule has 21 heavy (non-hydrogen) atoms. The summed E-state index contributed by atoms with van der Waals surface area (Å²) in [6, 6.07) is 12.0. The zero-order valence-corrected chi connectivity index (χ0v) is 13.2. The van der Waals surface area contributed by atoms with Crippen molar-refractivity contribution >= 4 is 33.5 Å². The van der Waals surface area contributed by atoms with Crippen molar-refractivity contribution in [2.45, 2.75) is 6.92 Å². The molecule has 1 N–H and O–H groups in total. The Labute approximate surface area is 131 Å². The average molecular weight is 348 g/mol. The smallest absolute Gasteiger partial charge is 0.337 e. The third kappa shape index (κ3) is 3.92. The van der Waals surface area contributed by atoms with E-state index in [9.17, 15) is 9.59 Å². The summed E-state index contributed by atoms with van der Waals surface area (Å²) in [5.74, 6) is -0.610. The number of rotatable bonds is 3. The van der Waals surface area contributed by atoms with E-state index in [0.717, 1.165) is 10.0 Å². The number of methoxy groups -OCH3 is 1. The molecule has 0 bridgehead atoms. The molecule has 0 aliphatic heterocycles. The van der Waals surface area contributed by atoms with Gasteiger partial charge in [-0.2, -0.15) is 0 Å². The van der Waals surface area contributed by atoms with Crippen LogP contribution in [0.1, 0.15) is 26.3 Å². The Morgan fingerprint density at radius 3 is 2.29 bits per heavy atom. The van der Waals surface area contributed by atoms with Crippen molar-refractivity contribution in [2.75, 3.05) is 12.4 Å². The van der Waals surface area contributed by atoms with E-state index in [2.05, 4.69) is 26.0 Å². The van der Waals surface area contributed by atoms with Gasteiger partial charge in [0.05, 0.1) is 12.7 Å². The summed E-state index contributed by atoms with van der Waals surface area (Å²) in [5.41, 5.74) is 2.62. The van der Waals surface area contributed by atoms with Crippen molar-refractivity contribution in [3.63, 3.8) is 0 Å². The van der Waals surface area contributed by atoms with Crippen molar-refractivity contribution in [1.29, 1.82) is 0 Å². The van der Waals surface area contributed by atoms with Gasteiger partial charge in [-0.1, -0.05) is 15.9 Å². The van der Waals surface area contributed by atoms with Crippen LogP contribution in [-0.4, -0.2) is 19.0 Å². The van der Waals surface area contributed by atoms with Crippen LogP contribution < -0.4 is 5.32 Å². The molecule has 0 saturated heterocycles. The molecule has 0 radical (unpaired) electrons. The minimum atomic E-state index is -0.407. The van der Waals surface area contributed by atoms with Crippen LogP contribution in [0.5, 0.6) is 0 Å². The standard InChI is InChI=1S/C16H14BrNO3/c1-10-7-12(9-13(17)8-10)15(19)18-14-5-3-11(4-6-14)16(20)21-2/h3-9H,1-2H3,(H,18,19). The van der Waals surface area contributed by atoms with Crippen molar-refractivity contribution in [2.24, 2.45) is 0 Å². The number of esters is 1. The maximum Gasteiger partial charge on any atom is 0.337 e. The Hall–Kier alpha value is -2.14. The van der Waals surface area contributed by atoms with Crippen molar-refractivity contribution in [3.05, 3.63) is 63.6 Å². The molecule has 0 heterocycles. The second-order valence-electron chi connectivity index (χ2n) is 4.54. The van der Waals surface area contributed by atoms with Gasteiger partial charge in [-0.25, -0.2) is 4.79 Å². The predicted octanol–water partition coefficient (Wildman–Crippen LogP) is 3.80. The lowest BCUT2D eigenvalue weighted by molar-refractivity contribution is 0.0600. The fourth-order valence-corrected chi connectivity index (χ4v) is 2.49. The van der Waals surface area contributed by atoms with Gasteiger partial charge < -0.3 is 10.1 Å². The molecule has 2 rings (SSSR count). The number of hydrogen-bond acceptors (Lipinski definition) is 3. The molecule has 5 heteroatoms. The Morgan fingerprint density at radius 2 is 1.71 bits per heavy atom. The molecule has 0 saturated carbocycles. The normalized spacial score (nSPS) is 10.0. The molecule has 0 aromatic heterocycles. The zero-order chi connectivity index (χ0) is 15.4. The molecule has 0 atom stereocenters. The first-order valence-corrected chi connectivity index (χ1v) is 7.06. The minimum absolute atomic E-state index is 0.204. The monoisotopic (exact) mass is 347 g/mol. The Morgan fingerprint density at radius 1 is 1.05 bits per heavy atom. The summed E-state index contributed by atoms with van der Waals surface area (Å²) in [5, 5.41) is 2.78. The van der Waals surface area contributed by atoms with Gasteiger partial charge in [-0.3, -0.25) is 4.79 Å². The number of aryl methyl sites for hydroxylation is 1. The SMILES string of the molecule is COC(=O)c1ccc(NC(=O)c2cc(C)cc(Br)c2)cc1. The first kappa shape index (κ1) is 15.3. The Balaban J connectivity index is 2.14. The van der Waals surface area contributed by atoms with E-state index >= 15 is 0 Å². The highest BCUT2D eigenvalue weighted by Gasteiger charge is 2.09. The van der Waals surface area contributed by atoms with Crippen molar-refractivity contribution in [1.82, 2.24) is 0 Å². The number of amides is 1. The maximum atomic E-state index is 12.2. The molecule has 0 fully saturated rings. The van der Waals surface area contributed by atoms with Crippen molar-refractivity contribution in [3.8, 4) is 0 Å². The van der Waals surface area contributed by atoms with Gasteiger partial charge >= 0.3 is 5.97 Å². The predicted molar refractivity (Wildman–Crippen MR) is 84.6 cm³/mol. The number of carbonyl (C=O) groups excluding carboxylic acids is 2. The van der Waals surface area contributed by atoms with E-state index in [1.807, 2.05) is 19.1 Å². The lowest BCUT2D eigenvalue weighted by Crippen LogP contribution is -2.12. The number of carbonyl (C=O) groups is 2. The van der Waals surface area contributed by atoms with E-state index in [-0.39, 0.29) is 5.91 Å². The molecule has 0 aliphatic rings. The van der Waals surface area contributed by atoms with Gasteiger partial charge in [-0.05, 0) is 55.0 Å². The largest absolute Gasteiger partial charge is 0.465 e. The van der Waals surface area contributed by atoms with Crippen molar-refractivity contribution < 1.29 is 14.3 Å². The molecular formula is C16H14BrNO3.